The highest BCUT2D eigenvalue weighted by molar-refractivity contribution is 5.96. The summed E-state index contributed by atoms with van der Waals surface area (Å²) in [6.07, 6.45) is 1.87. The number of aromatic nitrogens is 3. The summed E-state index contributed by atoms with van der Waals surface area (Å²) in [5.74, 6) is 0.0400. The number of hydrogen-bond acceptors (Lipinski definition) is 5. The van der Waals surface area contributed by atoms with Crippen LogP contribution in [0.2, 0.25) is 0 Å². The molecule has 0 aliphatic rings. The second-order valence-electron chi connectivity index (χ2n) is 8.06. The van der Waals surface area contributed by atoms with Crippen molar-refractivity contribution in [1.82, 2.24) is 19.0 Å². The van der Waals surface area contributed by atoms with Crippen LogP contribution < -0.4 is 11.3 Å². The predicted octanol–water partition coefficient (Wildman–Crippen LogP) is 2.86. The first-order valence-corrected chi connectivity index (χ1v) is 11.7. The van der Waals surface area contributed by atoms with Crippen LogP contribution in [0, 0.1) is 0 Å². The van der Waals surface area contributed by atoms with Crippen molar-refractivity contribution >= 4 is 27.8 Å². The van der Waals surface area contributed by atoms with E-state index in [0.29, 0.717) is 45.1 Å². The van der Waals surface area contributed by atoms with Crippen LogP contribution in [0.4, 0.5) is 0 Å². The molecule has 0 spiro atoms. The van der Waals surface area contributed by atoms with E-state index >= 15 is 0 Å². The number of fused-ring (bicyclic) bond motifs is 2. The van der Waals surface area contributed by atoms with Gasteiger partial charge in [-0.05, 0) is 32.0 Å². The topological polar surface area (TPSA) is 95.4 Å². The number of para-hydroxylation sites is 3. The Hall–Kier alpha value is -3.49. The summed E-state index contributed by atoms with van der Waals surface area (Å²) in [4.78, 5) is 33.1. The zero-order valence-electron chi connectivity index (χ0n) is 19.7. The molecule has 2 heterocycles. The summed E-state index contributed by atoms with van der Waals surface area (Å²) in [7, 11) is 0. The van der Waals surface area contributed by atoms with Gasteiger partial charge in [0, 0.05) is 48.8 Å². The van der Waals surface area contributed by atoms with Crippen molar-refractivity contribution < 1.29 is 9.53 Å². The maximum atomic E-state index is 13.7. The van der Waals surface area contributed by atoms with E-state index in [4.69, 9.17) is 15.5 Å². The molecule has 8 nitrogen and oxygen atoms in total. The van der Waals surface area contributed by atoms with Gasteiger partial charge in [-0.15, -0.1) is 0 Å². The van der Waals surface area contributed by atoms with Crippen molar-refractivity contribution in [3.05, 3.63) is 65.1 Å². The number of carbonyl (C=O) groups excluding carboxylic acids is 1. The van der Waals surface area contributed by atoms with Crippen molar-refractivity contribution in [2.45, 2.75) is 26.9 Å². The number of likely N-dealkylation sites (N-methyl/N-ethyl adjacent to an activating group) is 1. The monoisotopic (exact) mass is 461 g/mol. The van der Waals surface area contributed by atoms with Crippen LogP contribution in [0.15, 0.2) is 59.5 Å². The lowest BCUT2D eigenvalue weighted by atomic mass is 10.1. The van der Waals surface area contributed by atoms with Crippen LogP contribution in [0.1, 0.15) is 13.8 Å². The maximum absolute atomic E-state index is 13.7. The van der Waals surface area contributed by atoms with Crippen LogP contribution in [0.25, 0.3) is 33.2 Å². The second kappa shape index (κ2) is 10.6. The summed E-state index contributed by atoms with van der Waals surface area (Å²) in [6, 6.07) is 15.4. The van der Waals surface area contributed by atoms with Crippen molar-refractivity contribution in [2.75, 3.05) is 32.8 Å². The number of nitrogens with two attached hydrogens (primary N) is 1. The van der Waals surface area contributed by atoms with Crippen molar-refractivity contribution in [3.8, 4) is 11.3 Å². The molecule has 2 N–H and O–H groups in total. The Labute approximate surface area is 198 Å². The number of ether oxygens (including phenoxy) is 1. The van der Waals surface area contributed by atoms with E-state index in [2.05, 4.69) is 0 Å². The molecule has 1 amide bonds. The Bertz CT molecular complexity index is 1350. The fourth-order valence-corrected chi connectivity index (χ4v) is 4.32. The molecule has 0 bridgehead atoms. The van der Waals surface area contributed by atoms with Gasteiger partial charge >= 0.3 is 0 Å². The fourth-order valence-electron chi connectivity index (χ4n) is 4.32. The van der Waals surface area contributed by atoms with Gasteiger partial charge in [0.25, 0.3) is 5.56 Å². The van der Waals surface area contributed by atoms with E-state index in [1.807, 2.05) is 73.1 Å². The molecule has 0 aliphatic carbocycles. The van der Waals surface area contributed by atoms with Gasteiger partial charge in [-0.2, -0.15) is 0 Å². The van der Waals surface area contributed by atoms with Gasteiger partial charge in [0.15, 0.2) is 0 Å². The van der Waals surface area contributed by atoms with Gasteiger partial charge in [-0.1, -0.05) is 30.3 Å². The number of benzene rings is 2. The first-order chi connectivity index (χ1) is 16.6. The summed E-state index contributed by atoms with van der Waals surface area (Å²) in [5, 5.41) is 0.889. The summed E-state index contributed by atoms with van der Waals surface area (Å²) in [6.45, 7) is 7.12. The Kier molecular flexibility index (Phi) is 7.40. The molecule has 34 heavy (non-hydrogen) atoms. The largest absolute Gasteiger partial charge is 0.378 e. The molecule has 4 rings (SSSR count). The first-order valence-electron chi connectivity index (χ1n) is 11.7. The summed E-state index contributed by atoms with van der Waals surface area (Å²) >= 11 is 0. The lowest BCUT2D eigenvalue weighted by Crippen LogP contribution is -2.33. The maximum Gasteiger partial charge on any atom is 0.277 e. The smallest absolute Gasteiger partial charge is 0.277 e. The van der Waals surface area contributed by atoms with Gasteiger partial charge in [0.1, 0.15) is 12.2 Å². The third-order valence-electron chi connectivity index (χ3n) is 6.04. The van der Waals surface area contributed by atoms with E-state index in [1.54, 1.807) is 9.47 Å². The SMILES string of the molecule is CCN(CC)C(=O)Cn1cc(-c2nc3ccccc3n(CCOCCN)c2=O)c2ccccc21. The molecular formula is C26H31N5O3. The fraction of sp³-hybridized carbons (Fsp3) is 0.346. The normalized spacial score (nSPS) is 11.4. The van der Waals surface area contributed by atoms with E-state index in [9.17, 15) is 9.59 Å². The molecule has 2 aromatic carbocycles. The molecule has 0 fully saturated rings. The lowest BCUT2D eigenvalue weighted by Gasteiger charge is -2.19. The molecule has 178 valence electrons. The lowest BCUT2D eigenvalue weighted by molar-refractivity contribution is -0.131. The van der Waals surface area contributed by atoms with Crippen LogP contribution in [-0.2, 0) is 22.6 Å². The van der Waals surface area contributed by atoms with Gasteiger partial charge in [-0.25, -0.2) is 4.98 Å². The number of nitrogens with zero attached hydrogens (tertiary/aromatic N) is 4. The summed E-state index contributed by atoms with van der Waals surface area (Å²) in [5.41, 5.74) is 8.80. The quantitative estimate of drug-likeness (QED) is 0.367. The van der Waals surface area contributed by atoms with E-state index < -0.39 is 0 Å². The zero-order valence-corrected chi connectivity index (χ0v) is 19.7. The Morgan fingerprint density at radius 1 is 1.03 bits per heavy atom. The van der Waals surface area contributed by atoms with Gasteiger partial charge < -0.3 is 24.5 Å². The van der Waals surface area contributed by atoms with Crippen molar-refractivity contribution in [1.29, 1.82) is 0 Å². The standard InChI is InChI=1S/C26H31N5O3/c1-3-29(4-2)24(32)18-30-17-20(19-9-5-7-11-22(19)30)25-26(33)31(14-16-34-15-13-27)23-12-8-6-10-21(23)28-25/h5-12,17H,3-4,13-16,18,27H2,1-2H3. The van der Waals surface area contributed by atoms with Crippen molar-refractivity contribution in [3.63, 3.8) is 0 Å². The van der Waals surface area contributed by atoms with Crippen LogP contribution in [-0.4, -0.2) is 57.8 Å². The molecule has 8 heteroatoms. The highest BCUT2D eigenvalue weighted by Crippen LogP contribution is 2.29. The van der Waals surface area contributed by atoms with Crippen LogP contribution >= 0.6 is 0 Å². The molecule has 4 aromatic rings. The zero-order chi connectivity index (χ0) is 24.1. The number of hydrogen-bond donors (Lipinski definition) is 1. The molecule has 0 aliphatic heterocycles. The average molecular weight is 462 g/mol. The van der Waals surface area contributed by atoms with Gasteiger partial charge in [0.05, 0.1) is 24.2 Å². The summed E-state index contributed by atoms with van der Waals surface area (Å²) < 4.78 is 9.17. The molecular weight excluding hydrogens is 430 g/mol. The third kappa shape index (κ3) is 4.60. The Morgan fingerprint density at radius 3 is 2.47 bits per heavy atom. The van der Waals surface area contributed by atoms with Crippen LogP contribution in [0.5, 0.6) is 0 Å². The highest BCUT2D eigenvalue weighted by Gasteiger charge is 2.19. The molecule has 2 aromatic heterocycles. The minimum atomic E-state index is -0.187. The predicted molar refractivity (Wildman–Crippen MR) is 135 cm³/mol. The number of carbonyl (C=O) groups is 1. The Balaban J connectivity index is 1.83. The molecule has 0 saturated heterocycles. The molecule has 0 radical (unpaired) electrons. The average Bonchev–Trinajstić information content (AvgIpc) is 3.21. The van der Waals surface area contributed by atoms with Gasteiger partial charge in [0.2, 0.25) is 5.91 Å². The van der Waals surface area contributed by atoms with Crippen LogP contribution in [0.3, 0.4) is 0 Å². The number of amides is 1. The van der Waals surface area contributed by atoms with Gasteiger partial charge in [-0.3, -0.25) is 9.59 Å². The van der Waals surface area contributed by atoms with E-state index in [-0.39, 0.29) is 18.0 Å². The third-order valence-corrected chi connectivity index (χ3v) is 6.04. The highest BCUT2D eigenvalue weighted by atomic mass is 16.5. The molecule has 0 saturated carbocycles. The Morgan fingerprint density at radius 2 is 1.74 bits per heavy atom. The first kappa shape index (κ1) is 23.7. The second-order valence-corrected chi connectivity index (χ2v) is 8.06. The van der Waals surface area contributed by atoms with E-state index in [1.165, 1.54) is 0 Å². The van der Waals surface area contributed by atoms with E-state index in [0.717, 1.165) is 27.5 Å². The minimum absolute atomic E-state index is 0.0400. The number of rotatable bonds is 10. The molecule has 0 unspecified atom stereocenters. The minimum Gasteiger partial charge on any atom is -0.378 e. The molecule has 0 atom stereocenters. The van der Waals surface area contributed by atoms with Crippen molar-refractivity contribution in [2.24, 2.45) is 5.73 Å².